The highest BCUT2D eigenvalue weighted by atomic mass is 32.2. The van der Waals surface area contributed by atoms with Crippen LogP contribution < -0.4 is 4.72 Å². The fraction of sp³-hybridized carbons (Fsp3) is 0.350. The van der Waals surface area contributed by atoms with Crippen molar-refractivity contribution in [3.8, 4) is 0 Å². The van der Waals surface area contributed by atoms with Crippen molar-refractivity contribution < 1.29 is 17.9 Å². The van der Waals surface area contributed by atoms with Gasteiger partial charge in [-0.1, -0.05) is 54.6 Å². The molecule has 1 heterocycles. The number of fused-ring (bicyclic) bond motifs is 1. The minimum absolute atomic E-state index is 0.197. The monoisotopic (exact) mass is 388 g/mol. The predicted octanol–water partition coefficient (Wildman–Crippen LogP) is 2.05. The molecule has 2 aromatic rings. The van der Waals surface area contributed by atoms with Crippen LogP contribution in [0.15, 0.2) is 54.6 Å². The summed E-state index contributed by atoms with van der Waals surface area (Å²) >= 11 is 0. The lowest BCUT2D eigenvalue weighted by Gasteiger charge is -2.29. The van der Waals surface area contributed by atoms with Gasteiger partial charge in [-0.3, -0.25) is 4.79 Å². The van der Waals surface area contributed by atoms with Gasteiger partial charge in [-0.15, -0.1) is 0 Å². The molecule has 0 radical (unpaired) electrons. The first-order valence-corrected chi connectivity index (χ1v) is 10.5. The standard InChI is InChI=1S/C20H24N2O4S/c1-2-26-20(23)19(14-16-8-4-3-5-9-16)21-27(24,25)22-13-12-17-10-6-7-11-18(17)15-22/h3-11,19,21H,2,12-15H2,1H3. The van der Waals surface area contributed by atoms with Crippen LogP contribution in [0.4, 0.5) is 0 Å². The molecule has 1 aliphatic heterocycles. The molecule has 1 N–H and O–H groups in total. The van der Waals surface area contributed by atoms with Crippen molar-refractivity contribution in [3.63, 3.8) is 0 Å². The summed E-state index contributed by atoms with van der Waals surface area (Å²) in [5.74, 6) is -0.567. The van der Waals surface area contributed by atoms with E-state index in [1.807, 2.05) is 54.6 Å². The van der Waals surface area contributed by atoms with E-state index < -0.39 is 22.2 Å². The van der Waals surface area contributed by atoms with Gasteiger partial charge in [0.1, 0.15) is 6.04 Å². The van der Waals surface area contributed by atoms with Crippen molar-refractivity contribution in [2.24, 2.45) is 0 Å². The summed E-state index contributed by atoms with van der Waals surface area (Å²) in [5.41, 5.74) is 3.02. The summed E-state index contributed by atoms with van der Waals surface area (Å²) < 4.78 is 34.8. The molecule has 0 spiro atoms. The first-order chi connectivity index (χ1) is 13.0. The zero-order valence-corrected chi connectivity index (χ0v) is 16.1. The van der Waals surface area contributed by atoms with E-state index in [4.69, 9.17) is 4.74 Å². The number of carbonyl (C=O) groups is 1. The first-order valence-electron chi connectivity index (χ1n) is 9.04. The minimum atomic E-state index is -3.83. The maximum atomic E-state index is 12.9. The zero-order valence-electron chi connectivity index (χ0n) is 15.3. The third kappa shape index (κ3) is 4.94. The van der Waals surface area contributed by atoms with Crippen LogP contribution in [0.3, 0.4) is 0 Å². The van der Waals surface area contributed by atoms with Gasteiger partial charge >= 0.3 is 5.97 Å². The Labute approximate surface area is 160 Å². The van der Waals surface area contributed by atoms with Crippen molar-refractivity contribution in [3.05, 3.63) is 71.3 Å². The number of esters is 1. The Hall–Kier alpha value is -2.22. The van der Waals surface area contributed by atoms with Gasteiger partial charge in [0.05, 0.1) is 6.61 Å². The number of ether oxygens (including phenoxy) is 1. The molecule has 3 rings (SSSR count). The fourth-order valence-corrected chi connectivity index (χ4v) is 4.52. The number of hydrogen-bond donors (Lipinski definition) is 1. The van der Waals surface area contributed by atoms with Crippen LogP contribution in [0.25, 0.3) is 0 Å². The van der Waals surface area contributed by atoms with Crippen LogP contribution in [0.1, 0.15) is 23.6 Å². The maximum absolute atomic E-state index is 12.9. The molecular formula is C20H24N2O4S. The number of carbonyl (C=O) groups excluding carboxylic acids is 1. The summed E-state index contributed by atoms with van der Waals surface area (Å²) in [7, 11) is -3.83. The van der Waals surface area contributed by atoms with Crippen LogP contribution >= 0.6 is 0 Å². The average molecular weight is 388 g/mol. The van der Waals surface area contributed by atoms with Crippen molar-refractivity contribution in [1.29, 1.82) is 0 Å². The second kappa shape index (κ2) is 8.65. The van der Waals surface area contributed by atoms with E-state index in [0.29, 0.717) is 19.5 Å². The molecule has 6 nitrogen and oxygen atoms in total. The van der Waals surface area contributed by atoms with Gasteiger partial charge in [-0.2, -0.15) is 17.4 Å². The van der Waals surface area contributed by atoms with Crippen molar-refractivity contribution in [1.82, 2.24) is 9.03 Å². The molecular weight excluding hydrogens is 364 g/mol. The van der Waals surface area contributed by atoms with E-state index in [2.05, 4.69) is 4.72 Å². The maximum Gasteiger partial charge on any atom is 0.324 e. The molecule has 0 aromatic heterocycles. The Morgan fingerprint density at radius 3 is 2.48 bits per heavy atom. The Morgan fingerprint density at radius 1 is 1.11 bits per heavy atom. The van der Waals surface area contributed by atoms with Crippen LogP contribution in [-0.2, 0) is 39.1 Å². The molecule has 144 valence electrons. The Morgan fingerprint density at radius 2 is 1.78 bits per heavy atom. The topological polar surface area (TPSA) is 75.7 Å². The van der Waals surface area contributed by atoms with E-state index >= 15 is 0 Å². The normalized spacial score (nSPS) is 15.7. The van der Waals surface area contributed by atoms with Crippen LogP contribution in [0.5, 0.6) is 0 Å². The Bertz CT molecular complexity index is 884. The van der Waals surface area contributed by atoms with E-state index in [9.17, 15) is 13.2 Å². The smallest absolute Gasteiger partial charge is 0.324 e. The van der Waals surface area contributed by atoms with E-state index in [0.717, 1.165) is 16.7 Å². The molecule has 1 aliphatic rings. The molecule has 0 saturated heterocycles. The Balaban J connectivity index is 1.76. The highest BCUT2D eigenvalue weighted by Crippen LogP contribution is 2.20. The van der Waals surface area contributed by atoms with Gasteiger partial charge in [0.25, 0.3) is 10.2 Å². The van der Waals surface area contributed by atoms with Crippen LogP contribution in [0.2, 0.25) is 0 Å². The van der Waals surface area contributed by atoms with Gasteiger partial charge in [-0.05, 0) is 36.5 Å². The SMILES string of the molecule is CCOC(=O)C(Cc1ccccc1)NS(=O)(=O)N1CCc2ccccc2C1. The number of nitrogens with one attached hydrogen (secondary N) is 1. The van der Waals surface area contributed by atoms with Crippen molar-refractivity contribution >= 4 is 16.2 Å². The van der Waals surface area contributed by atoms with Gasteiger partial charge in [0, 0.05) is 13.1 Å². The van der Waals surface area contributed by atoms with Gasteiger partial charge in [-0.25, -0.2) is 0 Å². The van der Waals surface area contributed by atoms with Gasteiger partial charge < -0.3 is 4.74 Å². The van der Waals surface area contributed by atoms with Crippen molar-refractivity contribution in [2.75, 3.05) is 13.2 Å². The average Bonchev–Trinajstić information content (AvgIpc) is 2.68. The molecule has 0 saturated carbocycles. The summed E-state index contributed by atoms with van der Waals surface area (Å²) in [6, 6.07) is 16.1. The number of hydrogen-bond acceptors (Lipinski definition) is 4. The molecule has 0 amide bonds. The summed E-state index contributed by atoms with van der Waals surface area (Å²) in [6.07, 6.45) is 0.892. The largest absolute Gasteiger partial charge is 0.465 e. The van der Waals surface area contributed by atoms with Gasteiger partial charge in [0.2, 0.25) is 0 Å². The molecule has 0 fully saturated rings. The highest BCUT2D eigenvalue weighted by Gasteiger charge is 2.32. The third-order valence-corrected chi connectivity index (χ3v) is 6.15. The second-order valence-electron chi connectivity index (χ2n) is 6.47. The molecule has 1 unspecified atom stereocenters. The summed E-state index contributed by atoms with van der Waals surface area (Å²) in [4.78, 5) is 12.3. The number of nitrogens with zero attached hydrogens (tertiary/aromatic N) is 1. The highest BCUT2D eigenvalue weighted by molar-refractivity contribution is 7.87. The van der Waals surface area contributed by atoms with Crippen LogP contribution in [-0.4, -0.2) is 37.9 Å². The molecule has 0 aliphatic carbocycles. The second-order valence-corrected chi connectivity index (χ2v) is 8.17. The molecule has 2 aromatic carbocycles. The number of benzene rings is 2. The van der Waals surface area contributed by atoms with Crippen molar-refractivity contribution in [2.45, 2.75) is 32.4 Å². The molecule has 0 bridgehead atoms. The fourth-order valence-electron chi connectivity index (χ4n) is 3.20. The van der Waals surface area contributed by atoms with E-state index in [-0.39, 0.29) is 13.0 Å². The zero-order chi connectivity index (χ0) is 19.3. The summed E-state index contributed by atoms with van der Waals surface area (Å²) in [6.45, 7) is 2.58. The van der Waals surface area contributed by atoms with Gasteiger partial charge in [0.15, 0.2) is 0 Å². The lowest BCUT2D eigenvalue weighted by molar-refractivity contribution is -0.145. The molecule has 27 heavy (non-hydrogen) atoms. The lowest BCUT2D eigenvalue weighted by atomic mass is 10.0. The third-order valence-electron chi connectivity index (χ3n) is 4.58. The molecule has 1 atom stereocenters. The first kappa shape index (κ1) is 19.5. The van der Waals surface area contributed by atoms with E-state index in [1.165, 1.54) is 4.31 Å². The Kier molecular flexibility index (Phi) is 6.26. The quantitative estimate of drug-likeness (QED) is 0.737. The summed E-state index contributed by atoms with van der Waals surface area (Å²) in [5, 5.41) is 0. The van der Waals surface area contributed by atoms with E-state index in [1.54, 1.807) is 6.92 Å². The van der Waals surface area contributed by atoms with Crippen LogP contribution in [0, 0.1) is 0 Å². The number of rotatable bonds is 7. The predicted molar refractivity (Wildman–Crippen MR) is 103 cm³/mol. The minimum Gasteiger partial charge on any atom is -0.465 e. The molecule has 7 heteroatoms. The lowest BCUT2D eigenvalue weighted by Crippen LogP contribution is -2.50.